The van der Waals surface area contributed by atoms with Crippen molar-refractivity contribution in [2.75, 3.05) is 18.0 Å². The molecule has 1 aliphatic carbocycles. The normalized spacial score (nSPS) is 25.2. The first-order valence-electron chi connectivity index (χ1n) is 7.24. The highest BCUT2D eigenvalue weighted by molar-refractivity contribution is 7.13. The lowest BCUT2D eigenvalue weighted by atomic mass is 10.0. The van der Waals surface area contributed by atoms with Crippen molar-refractivity contribution in [3.63, 3.8) is 0 Å². The molecule has 1 N–H and O–H groups in total. The van der Waals surface area contributed by atoms with Gasteiger partial charge in [-0.25, -0.2) is 4.98 Å². The highest BCUT2D eigenvalue weighted by Crippen LogP contribution is 2.26. The lowest BCUT2D eigenvalue weighted by Crippen LogP contribution is -2.24. The molecule has 0 bridgehead atoms. The van der Waals surface area contributed by atoms with Gasteiger partial charge in [-0.15, -0.1) is 11.3 Å². The lowest BCUT2D eigenvalue weighted by Gasteiger charge is -2.18. The Bertz CT molecular complexity index is 386. The number of aromatic nitrogens is 1. The monoisotopic (exact) mass is 265 g/mol. The molecule has 0 spiro atoms. The van der Waals surface area contributed by atoms with E-state index >= 15 is 0 Å². The summed E-state index contributed by atoms with van der Waals surface area (Å²) in [6.45, 7) is 5.69. The molecule has 0 amide bonds. The maximum Gasteiger partial charge on any atom is 0.185 e. The smallest absolute Gasteiger partial charge is 0.185 e. The van der Waals surface area contributed by atoms with E-state index in [1.807, 2.05) is 11.3 Å². The summed E-state index contributed by atoms with van der Waals surface area (Å²) in [7, 11) is 0. The summed E-state index contributed by atoms with van der Waals surface area (Å²) < 4.78 is 0. The summed E-state index contributed by atoms with van der Waals surface area (Å²) >= 11 is 1.81. The van der Waals surface area contributed by atoms with E-state index in [0.29, 0.717) is 0 Å². The Morgan fingerprint density at radius 3 is 3.06 bits per heavy atom. The molecule has 1 saturated carbocycles. The second-order valence-corrected chi connectivity index (χ2v) is 6.64. The summed E-state index contributed by atoms with van der Waals surface area (Å²) in [4.78, 5) is 7.26. The number of nitrogens with zero attached hydrogens (tertiary/aromatic N) is 2. The standard InChI is InChI=1S/C14H23N3S/c1-11-3-2-7-17(8-6-11)14-16-13(10-18-14)9-15-12-4-5-12/h10-12,15H,2-9H2,1H3. The summed E-state index contributed by atoms with van der Waals surface area (Å²) in [6, 6.07) is 0.772. The van der Waals surface area contributed by atoms with E-state index in [4.69, 9.17) is 4.98 Å². The van der Waals surface area contributed by atoms with Crippen molar-refractivity contribution in [3.8, 4) is 0 Å². The van der Waals surface area contributed by atoms with Gasteiger partial charge >= 0.3 is 0 Å². The molecule has 100 valence electrons. The van der Waals surface area contributed by atoms with Crippen LogP contribution >= 0.6 is 11.3 Å². The number of anilines is 1. The van der Waals surface area contributed by atoms with Gasteiger partial charge in [0.25, 0.3) is 0 Å². The minimum atomic E-state index is 0.772. The van der Waals surface area contributed by atoms with Crippen molar-refractivity contribution in [2.24, 2.45) is 5.92 Å². The van der Waals surface area contributed by atoms with Crippen molar-refractivity contribution in [1.82, 2.24) is 10.3 Å². The van der Waals surface area contributed by atoms with Crippen LogP contribution in [0.3, 0.4) is 0 Å². The molecule has 0 aromatic carbocycles. The minimum absolute atomic E-state index is 0.772. The largest absolute Gasteiger partial charge is 0.348 e. The molecule has 2 heterocycles. The van der Waals surface area contributed by atoms with E-state index in [9.17, 15) is 0 Å². The average Bonchev–Trinajstić information content (AvgIpc) is 3.12. The molecule has 18 heavy (non-hydrogen) atoms. The first kappa shape index (κ1) is 12.4. The molecule has 2 fully saturated rings. The molecule has 1 atom stereocenters. The van der Waals surface area contributed by atoms with Crippen LogP contribution in [0.15, 0.2) is 5.38 Å². The first-order valence-corrected chi connectivity index (χ1v) is 8.12. The number of hydrogen-bond acceptors (Lipinski definition) is 4. The van der Waals surface area contributed by atoms with Crippen LogP contribution in [-0.4, -0.2) is 24.1 Å². The van der Waals surface area contributed by atoms with Crippen LogP contribution in [-0.2, 0) is 6.54 Å². The van der Waals surface area contributed by atoms with Crippen LogP contribution in [0, 0.1) is 5.92 Å². The Morgan fingerprint density at radius 1 is 1.33 bits per heavy atom. The van der Waals surface area contributed by atoms with Gasteiger partial charge in [-0.1, -0.05) is 6.92 Å². The highest BCUT2D eigenvalue weighted by atomic mass is 32.1. The van der Waals surface area contributed by atoms with Crippen molar-refractivity contribution >= 4 is 16.5 Å². The molecule has 1 saturated heterocycles. The van der Waals surface area contributed by atoms with E-state index in [2.05, 4.69) is 22.5 Å². The van der Waals surface area contributed by atoms with E-state index in [0.717, 1.165) is 18.5 Å². The van der Waals surface area contributed by atoms with Gasteiger partial charge in [0.1, 0.15) is 0 Å². The van der Waals surface area contributed by atoms with E-state index in [1.54, 1.807) is 0 Å². The summed E-state index contributed by atoms with van der Waals surface area (Å²) in [5.74, 6) is 0.881. The van der Waals surface area contributed by atoms with Crippen LogP contribution in [0.25, 0.3) is 0 Å². The lowest BCUT2D eigenvalue weighted by molar-refractivity contribution is 0.521. The number of thiazole rings is 1. The van der Waals surface area contributed by atoms with Gasteiger partial charge in [0.2, 0.25) is 0 Å². The summed E-state index contributed by atoms with van der Waals surface area (Å²) in [5, 5.41) is 6.99. The first-order chi connectivity index (χ1) is 8.81. The zero-order valence-corrected chi connectivity index (χ0v) is 12.0. The van der Waals surface area contributed by atoms with Crippen LogP contribution in [0.5, 0.6) is 0 Å². The third-order valence-corrected chi connectivity index (χ3v) is 4.93. The Kier molecular flexibility index (Phi) is 3.85. The molecule has 4 heteroatoms. The predicted octanol–water partition coefficient (Wildman–Crippen LogP) is 3.02. The van der Waals surface area contributed by atoms with Crippen LogP contribution in [0.2, 0.25) is 0 Å². The topological polar surface area (TPSA) is 28.2 Å². The van der Waals surface area contributed by atoms with Crippen molar-refractivity contribution < 1.29 is 0 Å². The quantitative estimate of drug-likeness (QED) is 0.907. The van der Waals surface area contributed by atoms with Gasteiger partial charge in [-0.3, -0.25) is 0 Å². The molecular formula is C14H23N3S. The van der Waals surface area contributed by atoms with Crippen LogP contribution in [0.1, 0.15) is 44.7 Å². The second-order valence-electron chi connectivity index (χ2n) is 5.80. The third kappa shape index (κ3) is 3.23. The Morgan fingerprint density at radius 2 is 2.22 bits per heavy atom. The van der Waals surface area contributed by atoms with Gasteiger partial charge in [-0.05, 0) is 38.0 Å². The second kappa shape index (κ2) is 5.57. The van der Waals surface area contributed by atoms with Gasteiger partial charge < -0.3 is 10.2 Å². The van der Waals surface area contributed by atoms with Crippen LogP contribution < -0.4 is 10.2 Å². The van der Waals surface area contributed by atoms with Gasteiger partial charge in [0.15, 0.2) is 5.13 Å². The molecule has 3 rings (SSSR count). The number of hydrogen-bond donors (Lipinski definition) is 1. The molecule has 1 unspecified atom stereocenters. The summed E-state index contributed by atoms with van der Waals surface area (Å²) in [6.07, 6.45) is 6.70. The van der Waals surface area contributed by atoms with E-state index in [1.165, 1.54) is 56.0 Å². The molecule has 0 radical (unpaired) electrons. The van der Waals surface area contributed by atoms with E-state index in [-0.39, 0.29) is 0 Å². The average molecular weight is 265 g/mol. The SMILES string of the molecule is CC1CCCN(c2nc(CNC3CC3)cs2)CC1. The maximum atomic E-state index is 4.78. The van der Waals surface area contributed by atoms with E-state index < -0.39 is 0 Å². The molecular weight excluding hydrogens is 242 g/mol. The number of nitrogens with one attached hydrogen (secondary N) is 1. The highest BCUT2D eigenvalue weighted by Gasteiger charge is 2.21. The number of rotatable bonds is 4. The van der Waals surface area contributed by atoms with Crippen molar-refractivity contribution in [3.05, 3.63) is 11.1 Å². The fraction of sp³-hybridized carbons (Fsp3) is 0.786. The zero-order valence-electron chi connectivity index (χ0n) is 11.2. The minimum Gasteiger partial charge on any atom is -0.348 e. The fourth-order valence-corrected chi connectivity index (χ4v) is 3.39. The van der Waals surface area contributed by atoms with Crippen LogP contribution in [0.4, 0.5) is 5.13 Å². The molecule has 3 nitrogen and oxygen atoms in total. The third-order valence-electron chi connectivity index (χ3n) is 3.98. The Hall–Kier alpha value is -0.610. The van der Waals surface area contributed by atoms with Crippen molar-refractivity contribution in [1.29, 1.82) is 0 Å². The molecule has 1 aromatic rings. The molecule has 1 aliphatic heterocycles. The summed E-state index contributed by atoms with van der Waals surface area (Å²) in [5.41, 5.74) is 1.22. The Balaban J connectivity index is 1.57. The maximum absolute atomic E-state index is 4.78. The fourth-order valence-electron chi connectivity index (χ4n) is 2.51. The molecule has 2 aliphatic rings. The Labute approximate surface area is 114 Å². The zero-order chi connectivity index (χ0) is 12.4. The van der Waals surface area contributed by atoms with Gasteiger partial charge in [-0.2, -0.15) is 0 Å². The predicted molar refractivity (Wildman–Crippen MR) is 77.2 cm³/mol. The molecule has 1 aromatic heterocycles. The van der Waals surface area contributed by atoms with Gasteiger partial charge in [0.05, 0.1) is 5.69 Å². The van der Waals surface area contributed by atoms with Crippen molar-refractivity contribution in [2.45, 2.75) is 51.6 Å². The van der Waals surface area contributed by atoms with Gasteiger partial charge in [0, 0.05) is 31.1 Å².